The predicted octanol–water partition coefficient (Wildman–Crippen LogP) is 2.28. The molecule has 0 aliphatic rings. The van der Waals surface area contributed by atoms with E-state index in [1.54, 1.807) is 30.5 Å². The molecule has 0 spiro atoms. The molecule has 0 fully saturated rings. The van der Waals surface area contributed by atoms with Crippen LogP contribution in [0.2, 0.25) is 0 Å². The molecule has 0 aliphatic heterocycles. The minimum atomic E-state index is -0.263. The van der Waals surface area contributed by atoms with Gasteiger partial charge in [-0.2, -0.15) is 0 Å². The lowest BCUT2D eigenvalue weighted by molar-refractivity contribution is 0.630. The van der Waals surface area contributed by atoms with Crippen molar-refractivity contribution in [3.05, 3.63) is 48.7 Å². The molecule has 2 aromatic rings. The Bertz CT molecular complexity index is 401. The van der Waals surface area contributed by atoms with Gasteiger partial charge in [-0.05, 0) is 18.2 Å². The number of halogens is 1. The van der Waals surface area contributed by atoms with Gasteiger partial charge in [0.05, 0.1) is 5.69 Å². The second-order valence-electron chi connectivity index (χ2n) is 2.57. The first-order valence-corrected chi connectivity index (χ1v) is 3.89. The Balaban J connectivity index is 2.54. The summed E-state index contributed by atoms with van der Waals surface area (Å²) in [6.45, 7) is 0. The van der Waals surface area contributed by atoms with Crippen LogP contribution >= 0.6 is 0 Å². The zero-order valence-corrected chi connectivity index (χ0v) is 6.81. The van der Waals surface area contributed by atoms with Gasteiger partial charge in [0, 0.05) is 11.8 Å². The minimum Gasteiger partial charge on any atom is -0.245 e. The zero-order chi connectivity index (χ0) is 9.10. The Kier molecular flexibility index (Phi) is 2.00. The molecule has 3 heteroatoms. The molecule has 1 heterocycles. The number of aromatic nitrogens is 2. The molecular formula is C10H7FN2. The van der Waals surface area contributed by atoms with E-state index in [1.165, 1.54) is 12.4 Å². The Labute approximate surface area is 75.1 Å². The summed E-state index contributed by atoms with van der Waals surface area (Å²) in [5, 5.41) is 0. The summed E-state index contributed by atoms with van der Waals surface area (Å²) in [7, 11) is 0. The van der Waals surface area contributed by atoms with Crippen molar-refractivity contribution in [3.63, 3.8) is 0 Å². The first-order chi connectivity index (χ1) is 6.38. The molecule has 0 saturated heterocycles. The second-order valence-corrected chi connectivity index (χ2v) is 2.57. The van der Waals surface area contributed by atoms with Crippen molar-refractivity contribution in [1.82, 2.24) is 9.97 Å². The Morgan fingerprint density at radius 1 is 1.08 bits per heavy atom. The van der Waals surface area contributed by atoms with Gasteiger partial charge in [-0.3, -0.25) is 0 Å². The third kappa shape index (κ3) is 1.54. The molecule has 0 aliphatic carbocycles. The molecule has 1 aromatic carbocycles. The van der Waals surface area contributed by atoms with E-state index in [0.29, 0.717) is 11.3 Å². The van der Waals surface area contributed by atoms with Gasteiger partial charge < -0.3 is 0 Å². The SMILES string of the molecule is Fc1ccccc1-c1ccncn1. The topological polar surface area (TPSA) is 25.8 Å². The van der Waals surface area contributed by atoms with Crippen molar-refractivity contribution >= 4 is 0 Å². The Morgan fingerprint density at radius 2 is 1.92 bits per heavy atom. The fourth-order valence-electron chi connectivity index (χ4n) is 1.12. The summed E-state index contributed by atoms with van der Waals surface area (Å²) < 4.78 is 13.2. The highest BCUT2D eigenvalue weighted by molar-refractivity contribution is 5.58. The largest absolute Gasteiger partial charge is 0.245 e. The van der Waals surface area contributed by atoms with Crippen LogP contribution in [-0.4, -0.2) is 9.97 Å². The van der Waals surface area contributed by atoms with E-state index >= 15 is 0 Å². The van der Waals surface area contributed by atoms with Gasteiger partial charge in [0.15, 0.2) is 0 Å². The normalized spacial score (nSPS) is 9.92. The van der Waals surface area contributed by atoms with Crippen LogP contribution in [0, 0.1) is 5.82 Å². The summed E-state index contributed by atoms with van der Waals surface area (Å²) in [5.74, 6) is -0.263. The maximum atomic E-state index is 13.2. The quantitative estimate of drug-likeness (QED) is 0.662. The Hall–Kier alpha value is -1.77. The van der Waals surface area contributed by atoms with Gasteiger partial charge >= 0.3 is 0 Å². The van der Waals surface area contributed by atoms with Gasteiger partial charge in [-0.25, -0.2) is 14.4 Å². The van der Waals surface area contributed by atoms with Crippen molar-refractivity contribution in [2.24, 2.45) is 0 Å². The molecule has 0 unspecified atom stereocenters. The summed E-state index contributed by atoms with van der Waals surface area (Å²) in [4.78, 5) is 7.73. The van der Waals surface area contributed by atoms with E-state index in [4.69, 9.17) is 0 Å². The predicted molar refractivity (Wildman–Crippen MR) is 47.4 cm³/mol. The van der Waals surface area contributed by atoms with Crippen LogP contribution in [0.1, 0.15) is 0 Å². The fraction of sp³-hybridized carbons (Fsp3) is 0. The molecule has 2 nitrogen and oxygen atoms in total. The van der Waals surface area contributed by atoms with Gasteiger partial charge in [-0.15, -0.1) is 0 Å². The minimum absolute atomic E-state index is 0.263. The van der Waals surface area contributed by atoms with Gasteiger partial charge in [-0.1, -0.05) is 12.1 Å². The van der Waals surface area contributed by atoms with Crippen LogP contribution in [0.4, 0.5) is 4.39 Å². The van der Waals surface area contributed by atoms with Gasteiger partial charge in [0.25, 0.3) is 0 Å². The summed E-state index contributed by atoms with van der Waals surface area (Å²) in [5.41, 5.74) is 1.11. The van der Waals surface area contributed by atoms with E-state index < -0.39 is 0 Å². The monoisotopic (exact) mass is 174 g/mol. The van der Waals surface area contributed by atoms with E-state index in [2.05, 4.69) is 9.97 Å². The van der Waals surface area contributed by atoms with Crippen LogP contribution in [0.3, 0.4) is 0 Å². The molecule has 0 radical (unpaired) electrons. The maximum absolute atomic E-state index is 13.2. The smallest absolute Gasteiger partial charge is 0.132 e. The lowest BCUT2D eigenvalue weighted by atomic mass is 10.1. The number of nitrogens with zero attached hydrogens (tertiary/aromatic N) is 2. The summed E-state index contributed by atoms with van der Waals surface area (Å²) in [6, 6.07) is 8.22. The highest BCUT2D eigenvalue weighted by Crippen LogP contribution is 2.18. The highest BCUT2D eigenvalue weighted by atomic mass is 19.1. The second kappa shape index (κ2) is 3.31. The Morgan fingerprint density at radius 3 is 2.62 bits per heavy atom. The number of hydrogen-bond donors (Lipinski definition) is 0. The standard InChI is InChI=1S/C10H7FN2/c11-9-4-2-1-3-8(9)10-5-6-12-7-13-10/h1-7H. The third-order valence-corrected chi connectivity index (χ3v) is 1.73. The molecule has 0 atom stereocenters. The lowest BCUT2D eigenvalue weighted by Gasteiger charge is -1.99. The molecule has 0 saturated carbocycles. The van der Waals surface area contributed by atoms with E-state index in [0.717, 1.165) is 0 Å². The molecular weight excluding hydrogens is 167 g/mol. The first kappa shape index (κ1) is 7.86. The maximum Gasteiger partial charge on any atom is 0.132 e. The number of rotatable bonds is 1. The van der Waals surface area contributed by atoms with Crippen LogP contribution in [0.5, 0.6) is 0 Å². The zero-order valence-electron chi connectivity index (χ0n) is 6.81. The van der Waals surface area contributed by atoms with E-state index in [9.17, 15) is 4.39 Å². The first-order valence-electron chi connectivity index (χ1n) is 3.89. The van der Waals surface area contributed by atoms with Crippen LogP contribution < -0.4 is 0 Å². The summed E-state index contributed by atoms with van der Waals surface area (Å²) >= 11 is 0. The van der Waals surface area contributed by atoms with Crippen molar-refractivity contribution < 1.29 is 4.39 Å². The number of benzene rings is 1. The van der Waals surface area contributed by atoms with Crippen LogP contribution in [0.15, 0.2) is 42.9 Å². The lowest BCUT2D eigenvalue weighted by Crippen LogP contribution is -1.87. The number of hydrogen-bond acceptors (Lipinski definition) is 2. The van der Waals surface area contributed by atoms with Crippen molar-refractivity contribution in [3.8, 4) is 11.3 Å². The van der Waals surface area contributed by atoms with Crippen molar-refractivity contribution in [2.75, 3.05) is 0 Å². The average molecular weight is 174 g/mol. The molecule has 0 amide bonds. The molecule has 1 aromatic heterocycles. The average Bonchev–Trinajstić information content (AvgIpc) is 2.20. The third-order valence-electron chi connectivity index (χ3n) is 1.73. The summed E-state index contributed by atoms with van der Waals surface area (Å²) in [6.07, 6.45) is 3.00. The molecule has 0 bridgehead atoms. The van der Waals surface area contributed by atoms with E-state index in [1.807, 2.05) is 0 Å². The van der Waals surface area contributed by atoms with Crippen molar-refractivity contribution in [1.29, 1.82) is 0 Å². The van der Waals surface area contributed by atoms with Crippen molar-refractivity contribution in [2.45, 2.75) is 0 Å². The molecule has 0 N–H and O–H groups in total. The van der Waals surface area contributed by atoms with Gasteiger partial charge in [0.2, 0.25) is 0 Å². The van der Waals surface area contributed by atoms with Gasteiger partial charge in [0.1, 0.15) is 12.1 Å². The molecule has 13 heavy (non-hydrogen) atoms. The van der Waals surface area contributed by atoms with Crippen LogP contribution in [-0.2, 0) is 0 Å². The van der Waals surface area contributed by atoms with Crippen LogP contribution in [0.25, 0.3) is 11.3 Å². The fourth-order valence-corrected chi connectivity index (χ4v) is 1.12. The molecule has 2 rings (SSSR count). The highest BCUT2D eigenvalue weighted by Gasteiger charge is 2.03. The van der Waals surface area contributed by atoms with E-state index in [-0.39, 0.29) is 5.82 Å². The molecule has 64 valence electrons.